The lowest BCUT2D eigenvalue weighted by Crippen LogP contribution is -2.39. The normalized spacial score (nSPS) is 19.9. The van der Waals surface area contributed by atoms with E-state index in [9.17, 15) is 14.9 Å². The van der Waals surface area contributed by atoms with Gasteiger partial charge in [-0.15, -0.1) is 0 Å². The minimum absolute atomic E-state index is 0.0925. The minimum Gasteiger partial charge on any atom is -0.396 e. The predicted molar refractivity (Wildman–Crippen MR) is 72.6 cm³/mol. The molecule has 110 valence electrons. The van der Waals surface area contributed by atoms with Gasteiger partial charge < -0.3 is 10.1 Å². The Kier molecular flexibility index (Phi) is 4.86. The van der Waals surface area contributed by atoms with E-state index in [1.54, 1.807) is 0 Å². The van der Waals surface area contributed by atoms with Crippen molar-refractivity contribution in [2.45, 2.75) is 19.3 Å². The molecular weight excluding hydrogens is 262 g/mol. The lowest BCUT2D eigenvalue weighted by atomic mass is 9.95. The summed E-state index contributed by atoms with van der Waals surface area (Å²) in [5, 5.41) is 19.5. The van der Waals surface area contributed by atoms with Crippen LogP contribution < -0.4 is 0 Å². The lowest BCUT2D eigenvalue weighted by Gasteiger charge is -2.31. The summed E-state index contributed by atoms with van der Waals surface area (Å²) in [5.41, 5.74) is 0.186. The smallest absolute Gasteiger partial charge is 0.287 e. The first kappa shape index (κ1) is 14.7. The van der Waals surface area contributed by atoms with Gasteiger partial charge in [-0.3, -0.25) is 19.8 Å². The van der Waals surface area contributed by atoms with E-state index in [0.29, 0.717) is 5.92 Å². The molecule has 0 amide bonds. The van der Waals surface area contributed by atoms with Crippen molar-refractivity contribution in [3.05, 3.63) is 28.1 Å². The van der Waals surface area contributed by atoms with Crippen molar-refractivity contribution in [1.29, 1.82) is 0 Å². The number of aromatic nitrogens is 1. The zero-order chi connectivity index (χ0) is 14.5. The van der Waals surface area contributed by atoms with Crippen LogP contribution in [0.15, 0.2) is 12.3 Å². The van der Waals surface area contributed by atoms with E-state index < -0.39 is 4.92 Å². The van der Waals surface area contributed by atoms with Crippen LogP contribution in [0, 0.1) is 16.0 Å². The van der Waals surface area contributed by atoms with Crippen LogP contribution in [0.2, 0.25) is 0 Å². The number of rotatable bonds is 6. The second kappa shape index (κ2) is 6.62. The molecule has 0 aliphatic carbocycles. The van der Waals surface area contributed by atoms with Crippen molar-refractivity contribution < 1.29 is 14.8 Å². The van der Waals surface area contributed by atoms with Crippen LogP contribution in [0.3, 0.4) is 0 Å². The number of hydrogen-bond acceptors (Lipinski definition) is 5. The summed E-state index contributed by atoms with van der Waals surface area (Å²) >= 11 is 0. The standard InChI is InChI=1S/C13H19N3O4/c17-5-3-10-2-1-4-15(8-10)9-13(18)12-6-11(7-14-12)16(19)20/h6-7,10,14,17H,1-5,8-9H2. The van der Waals surface area contributed by atoms with E-state index in [-0.39, 0.29) is 30.3 Å². The lowest BCUT2D eigenvalue weighted by molar-refractivity contribution is -0.384. The molecule has 2 rings (SSSR count). The summed E-state index contributed by atoms with van der Waals surface area (Å²) in [6, 6.07) is 1.28. The van der Waals surface area contributed by atoms with Crippen molar-refractivity contribution >= 4 is 11.5 Å². The van der Waals surface area contributed by atoms with E-state index in [2.05, 4.69) is 9.88 Å². The zero-order valence-electron chi connectivity index (χ0n) is 11.2. The average molecular weight is 281 g/mol. The Morgan fingerprint density at radius 3 is 3.05 bits per heavy atom. The van der Waals surface area contributed by atoms with E-state index in [1.165, 1.54) is 12.3 Å². The van der Waals surface area contributed by atoms with Gasteiger partial charge in [0.2, 0.25) is 0 Å². The van der Waals surface area contributed by atoms with Gasteiger partial charge in [-0.2, -0.15) is 0 Å². The largest absolute Gasteiger partial charge is 0.396 e. The van der Waals surface area contributed by atoms with Gasteiger partial charge in [0.25, 0.3) is 5.69 Å². The number of hydrogen-bond donors (Lipinski definition) is 2. The Morgan fingerprint density at radius 1 is 1.60 bits per heavy atom. The van der Waals surface area contributed by atoms with Crippen LogP contribution in [0.5, 0.6) is 0 Å². The monoisotopic (exact) mass is 281 g/mol. The number of nitrogens with zero attached hydrogens (tertiary/aromatic N) is 2. The summed E-state index contributed by atoms with van der Waals surface area (Å²) in [4.78, 5) is 26.8. The van der Waals surface area contributed by atoms with Crippen LogP contribution >= 0.6 is 0 Å². The van der Waals surface area contributed by atoms with Crippen molar-refractivity contribution in [2.75, 3.05) is 26.2 Å². The third-order valence-corrected chi connectivity index (χ3v) is 3.69. The first-order chi connectivity index (χ1) is 9.60. The number of aliphatic hydroxyl groups excluding tert-OH is 1. The first-order valence-corrected chi connectivity index (χ1v) is 6.79. The number of ketones is 1. The van der Waals surface area contributed by atoms with Gasteiger partial charge in [-0.1, -0.05) is 0 Å². The van der Waals surface area contributed by atoms with E-state index in [4.69, 9.17) is 5.11 Å². The van der Waals surface area contributed by atoms with Crippen molar-refractivity contribution in [1.82, 2.24) is 9.88 Å². The van der Waals surface area contributed by atoms with Gasteiger partial charge in [0.1, 0.15) is 0 Å². The molecule has 1 aromatic rings. The number of nitrogens with one attached hydrogen (secondary N) is 1. The highest BCUT2D eigenvalue weighted by Crippen LogP contribution is 2.20. The molecule has 0 aromatic carbocycles. The molecule has 1 atom stereocenters. The maximum Gasteiger partial charge on any atom is 0.287 e. The molecule has 0 radical (unpaired) electrons. The maximum atomic E-state index is 12.1. The van der Waals surface area contributed by atoms with Crippen LogP contribution in [-0.2, 0) is 0 Å². The molecule has 1 unspecified atom stereocenters. The summed E-state index contributed by atoms with van der Waals surface area (Å²) < 4.78 is 0. The number of piperidine rings is 1. The molecule has 1 fully saturated rings. The molecule has 20 heavy (non-hydrogen) atoms. The van der Waals surface area contributed by atoms with Gasteiger partial charge in [0.15, 0.2) is 5.78 Å². The average Bonchev–Trinajstić information content (AvgIpc) is 2.89. The molecular formula is C13H19N3O4. The predicted octanol–water partition coefficient (Wildman–Crippen LogP) is 1.20. The van der Waals surface area contributed by atoms with Crippen LogP contribution in [0.4, 0.5) is 5.69 Å². The number of carbonyl (C=O) groups excluding carboxylic acids is 1. The highest BCUT2D eigenvalue weighted by atomic mass is 16.6. The molecule has 1 aliphatic rings. The molecule has 7 heteroatoms. The number of aliphatic hydroxyl groups is 1. The number of Topliss-reactive ketones (excluding diaryl/α,β-unsaturated/α-hetero) is 1. The molecule has 1 aliphatic heterocycles. The fraction of sp³-hybridized carbons (Fsp3) is 0.615. The Balaban J connectivity index is 1.91. The van der Waals surface area contributed by atoms with Gasteiger partial charge in [0.05, 0.1) is 23.4 Å². The number of aromatic amines is 1. The molecule has 1 aromatic heterocycles. The fourth-order valence-corrected chi connectivity index (χ4v) is 2.65. The van der Waals surface area contributed by atoms with E-state index >= 15 is 0 Å². The molecule has 7 nitrogen and oxygen atoms in total. The second-order valence-corrected chi connectivity index (χ2v) is 5.21. The SMILES string of the molecule is O=C(CN1CCCC(CCO)C1)c1cc([N+](=O)[O-])c[nH]1. The summed E-state index contributed by atoms with van der Waals surface area (Å²) in [6.07, 6.45) is 4.10. The van der Waals surface area contributed by atoms with Crippen LogP contribution in [0.25, 0.3) is 0 Å². The first-order valence-electron chi connectivity index (χ1n) is 6.79. The van der Waals surface area contributed by atoms with Crippen LogP contribution in [-0.4, -0.2) is 51.9 Å². The third-order valence-electron chi connectivity index (χ3n) is 3.69. The topological polar surface area (TPSA) is 99.5 Å². The number of likely N-dealkylation sites (tertiary alicyclic amines) is 1. The zero-order valence-corrected chi connectivity index (χ0v) is 11.2. The van der Waals surface area contributed by atoms with Crippen LogP contribution in [0.1, 0.15) is 29.8 Å². The van der Waals surface area contributed by atoms with E-state index in [0.717, 1.165) is 32.4 Å². The molecule has 0 bridgehead atoms. The highest BCUT2D eigenvalue weighted by Gasteiger charge is 2.23. The quantitative estimate of drug-likeness (QED) is 0.463. The summed E-state index contributed by atoms with van der Waals surface area (Å²) in [7, 11) is 0. The summed E-state index contributed by atoms with van der Waals surface area (Å²) in [5.74, 6) is 0.294. The molecule has 2 heterocycles. The number of H-pyrrole nitrogens is 1. The molecule has 2 N–H and O–H groups in total. The minimum atomic E-state index is -0.522. The van der Waals surface area contributed by atoms with E-state index in [1.807, 2.05) is 0 Å². The third kappa shape index (κ3) is 3.64. The van der Waals surface area contributed by atoms with Gasteiger partial charge >= 0.3 is 0 Å². The van der Waals surface area contributed by atoms with Gasteiger partial charge in [0, 0.05) is 19.2 Å². The van der Waals surface area contributed by atoms with Gasteiger partial charge in [-0.05, 0) is 31.7 Å². The van der Waals surface area contributed by atoms with Crippen molar-refractivity contribution in [3.8, 4) is 0 Å². The Labute approximate surface area is 116 Å². The fourth-order valence-electron chi connectivity index (χ4n) is 2.65. The Hall–Kier alpha value is -1.73. The maximum absolute atomic E-state index is 12.1. The number of carbonyl (C=O) groups is 1. The Morgan fingerprint density at radius 2 is 2.40 bits per heavy atom. The number of nitro groups is 1. The highest BCUT2D eigenvalue weighted by molar-refractivity contribution is 5.96. The Bertz CT molecular complexity index is 484. The molecule has 0 saturated carbocycles. The van der Waals surface area contributed by atoms with Crippen molar-refractivity contribution in [2.24, 2.45) is 5.92 Å². The second-order valence-electron chi connectivity index (χ2n) is 5.21. The molecule has 0 spiro atoms. The molecule has 1 saturated heterocycles. The van der Waals surface area contributed by atoms with Gasteiger partial charge in [-0.25, -0.2) is 0 Å². The summed E-state index contributed by atoms with van der Waals surface area (Å²) in [6.45, 7) is 2.10. The van der Waals surface area contributed by atoms with Crippen molar-refractivity contribution in [3.63, 3.8) is 0 Å².